The van der Waals surface area contributed by atoms with Crippen LogP contribution in [0.15, 0.2) is 0 Å². The molecule has 0 radical (unpaired) electrons. The summed E-state index contributed by atoms with van der Waals surface area (Å²) < 4.78 is 4.75. The lowest BCUT2D eigenvalue weighted by molar-refractivity contribution is -0.121. The molecule has 84 valence electrons. The normalized spacial score (nSPS) is 12.9. The molecule has 5 heteroatoms. The Morgan fingerprint density at radius 1 is 1.57 bits per heavy atom. The summed E-state index contributed by atoms with van der Waals surface area (Å²) in [6.45, 7) is 1.17. The SMILES string of the molecule is COCC(O)CCNC(=O)CN(C)C. The molecule has 0 rings (SSSR count). The summed E-state index contributed by atoms with van der Waals surface area (Å²) >= 11 is 0. The average molecular weight is 204 g/mol. The Labute approximate surface area is 85.0 Å². The van der Waals surface area contributed by atoms with Gasteiger partial charge in [0, 0.05) is 13.7 Å². The minimum atomic E-state index is -0.500. The highest BCUT2D eigenvalue weighted by atomic mass is 16.5. The van der Waals surface area contributed by atoms with E-state index in [9.17, 15) is 9.90 Å². The minimum absolute atomic E-state index is 0.0281. The molecular formula is C9H20N2O3. The summed E-state index contributed by atoms with van der Waals surface area (Å²) in [5.41, 5.74) is 0. The fourth-order valence-corrected chi connectivity index (χ4v) is 0.997. The van der Waals surface area contributed by atoms with Crippen molar-refractivity contribution in [2.24, 2.45) is 0 Å². The van der Waals surface area contributed by atoms with E-state index in [4.69, 9.17) is 4.74 Å². The van der Waals surface area contributed by atoms with Crippen LogP contribution in [0.5, 0.6) is 0 Å². The molecular weight excluding hydrogens is 184 g/mol. The minimum Gasteiger partial charge on any atom is -0.391 e. The first-order valence-electron chi connectivity index (χ1n) is 4.64. The van der Waals surface area contributed by atoms with E-state index >= 15 is 0 Å². The van der Waals surface area contributed by atoms with E-state index in [1.807, 2.05) is 14.1 Å². The molecule has 0 aromatic carbocycles. The molecule has 0 aliphatic carbocycles. The number of carbonyl (C=O) groups excluding carboxylic acids is 1. The molecule has 5 nitrogen and oxygen atoms in total. The third-order valence-corrected chi connectivity index (χ3v) is 1.62. The van der Waals surface area contributed by atoms with Crippen LogP contribution in [0.2, 0.25) is 0 Å². The maximum absolute atomic E-state index is 11.1. The molecule has 1 unspecified atom stereocenters. The number of carbonyl (C=O) groups is 1. The van der Waals surface area contributed by atoms with Gasteiger partial charge in [0.2, 0.25) is 5.91 Å². The molecule has 0 aliphatic heterocycles. The lowest BCUT2D eigenvalue weighted by atomic mass is 10.2. The zero-order valence-corrected chi connectivity index (χ0v) is 9.12. The number of rotatable bonds is 7. The first kappa shape index (κ1) is 13.4. The second kappa shape index (κ2) is 7.73. The second-order valence-corrected chi connectivity index (χ2v) is 3.49. The van der Waals surface area contributed by atoms with Crippen molar-refractivity contribution in [3.63, 3.8) is 0 Å². The van der Waals surface area contributed by atoms with Gasteiger partial charge in [-0.25, -0.2) is 0 Å². The van der Waals surface area contributed by atoms with Gasteiger partial charge in [0.1, 0.15) is 0 Å². The fraction of sp³-hybridized carbons (Fsp3) is 0.889. The molecule has 0 fully saturated rings. The molecule has 14 heavy (non-hydrogen) atoms. The molecule has 0 aliphatic rings. The number of methoxy groups -OCH3 is 1. The molecule has 2 N–H and O–H groups in total. The number of aliphatic hydroxyl groups excluding tert-OH is 1. The van der Waals surface area contributed by atoms with Gasteiger partial charge in [0.25, 0.3) is 0 Å². The van der Waals surface area contributed by atoms with Crippen molar-refractivity contribution in [2.45, 2.75) is 12.5 Å². The van der Waals surface area contributed by atoms with Crippen molar-refractivity contribution in [2.75, 3.05) is 40.9 Å². The predicted molar refractivity (Wildman–Crippen MR) is 54.1 cm³/mol. The molecule has 0 saturated heterocycles. The molecule has 0 aromatic heterocycles. The van der Waals surface area contributed by atoms with Gasteiger partial charge in [-0.1, -0.05) is 0 Å². The van der Waals surface area contributed by atoms with E-state index < -0.39 is 6.10 Å². The van der Waals surface area contributed by atoms with Crippen molar-refractivity contribution in [3.05, 3.63) is 0 Å². The second-order valence-electron chi connectivity index (χ2n) is 3.49. The van der Waals surface area contributed by atoms with Crippen LogP contribution >= 0.6 is 0 Å². The monoisotopic (exact) mass is 204 g/mol. The quantitative estimate of drug-likeness (QED) is 0.562. The summed E-state index contributed by atoms with van der Waals surface area (Å²) in [4.78, 5) is 12.9. The maximum Gasteiger partial charge on any atom is 0.234 e. The predicted octanol–water partition coefficient (Wildman–Crippen LogP) is -0.938. The van der Waals surface area contributed by atoms with Gasteiger partial charge in [0.15, 0.2) is 0 Å². The van der Waals surface area contributed by atoms with Crippen LogP contribution in [0.4, 0.5) is 0 Å². The Balaban J connectivity index is 3.39. The number of nitrogens with zero attached hydrogens (tertiary/aromatic N) is 1. The topological polar surface area (TPSA) is 61.8 Å². The summed E-state index contributed by atoms with van der Waals surface area (Å²) in [5.74, 6) is -0.0281. The first-order valence-corrected chi connectivity index (χ1v) is 4.64. The van der Waals surface area contributed by atoms with Gasteiger partial charge in [-0.05, 0) is 20.5 Å². The number of ether oxygens (including phenoxy) is 1. The molecule has 0 bridgehead atoms. The number of aliphatic hydroxyl groups is 1. The standard InChI is InChI=1S/C9H20N2O3/c1-11(2)6-9(13)10-5-4-8(12)7-14-3/h8,12H,4-7H2,1-3H3,(H,10,13). The van der Waals surface area contributed by atoms with E-state index in [0.29, 0.717) is 26.1 Å². The Morgan fingerprint density at radius 2 is 2.21 bits per heavy atom. The number of hydrogen-bond donors (Lipinski definition) is 2. The van der Waals surface area contributed by atoms with E-state index in [2.05, 4.69) is 5.32 Å². The Hall–Kier alpha value is -0.650. The zero-order chi connectivity index (χ0) is 11.0. The smallest absolute Gasteiger partial charge is 0.234 e. The molecule has 0 aromatic rings. The number of amides is 1. The van der Waals surface area contributed by atoms with Gasteiger partial charge in [0.05, 0.1) is 19.3 Å². The van der Waals surface area contributed by atoms with E-state index in [1.54, 1.807) is 4.90 Å². The van der Waals surface area contributed by atoms with Gasteiger partial charge in [-0.2, -0.15) is 0 Å². The largest absolute Gasteiger partial charge is 0.391 e. The van der Waals surface area contributed by atoms with Crippen molar-refractivity contribution < 1.29 is 14.6 Å². The van der Waals surface area contributed by atoms with Gasteiger partial charge in [-0.15, -0.1) is 0 Å². The van der Waals surface area contributed by atoms with E-state index in [1.165, 1.54) is 7.11 Å². The Kier molecular flexibility index (Phi) is 7.37. The lowest BCUT2D eigenvalue weighted by Gasteiger charge is -2.12. The highest BCUT2D eigenvalue weighted by Crippen LogP contribution is 1.89. The van der Waals surface area contributed by atoms with E-state index in [-0.39, 0.29) is 5.91 Å². The lowest BCUT2D eigenvalue weighted by Crippen LogP contribution is -2.35. The van der Waals surface area contributed by atoms with Gasteiger partial charge < -0.3 is 20.1 Å². The summed E-state index contributed by atoms with van der Waals surface area (Å²) in [6.07, 6.45) is 0.0205. The highest BCUT2D eigenvalue weighted by Gasteiger charge is 2.05. The van der Waals surface area contributed by atoms with Crippen LogP contribution in [-0.2, 0) is 9.53 Å². The summed E-state index contributed by atoms with van der Waals surface area (Å²) in [5, 5.41) is 12.0. The third-order valence-electron chi connectivity index (χ3n) is 1.62. The van der Waals surface area contributed by atoms with Crippen molar-refractivity contribution in [1.29, 1.82) is 0 Å². The Morgan fingerprint density at radius 3 is 2.71 bits per heavy atom. The van der Waals surface area contributed by atoms with Crippen LogP contribution in [-0.4, -0.2) is 62.9 Å². The van der Waals surface area contributed by atoms with Crippen LogP contribution < -0.4 is 5.32 Å². The van der Waals surface area contributed by atoms with Gasteiger partial charge >= 0.3 is 0 Å². The summed E-state index contributed by atoms with van der Waals surface area (Å²) in [6, 6.07) is 0. The van der Waals surface area contributed by atoms with Crippen LogP contribution in [0.3, 0.4) is 0 Å². The van der Waals surface area contributed by atoms with E-state index in [0.717, 1.165) is 0 Å². The van der Waals surface area contributed by atoms with Crippen LogP contribution in [0.1, 0.15) is 6.42 Å². The molecule has 0 heterocycles. The first-order chi connectivity index (χ1) is 6.56. The maximum atomic E-state index is 11.1. The van der Waals surface area contributed by atoms with Crippen molar-refractivity contribution in [3.8, 4) is 0 Å². The molecule has 0 spiro atoms. The summed E-state index contributed by atoms with van der Waals surface area (Å²) in [7, 11) is 5.20. The van der Waals surface area contributed by atoms with Crippen molar-refractivity contribution in [1.82, 2.24) is 10.2 Å². The molecule has 1 atom stereocenters. The number of nitrogens with one attached hydrogen (secondary N) is 1. The Bertz CT molecular complexity index is 162. The third kappa shape index (κ3) is 7.97. The van der Waals surface area contributed by atoms with Crippen LogP contribution in [0.25, 0.3) is 0 Å². The molecule has 1 amide bonds. The van der Waals surface area contributed by atoms with Gasteiger partial charge in [-0.3, -0.25) is 4.79 Å². The fourth-order valence-electron chi connectivity index (χ4n) is 0.997. The van der Waals surface area contributed by atoms with Crippen LogP contribution in [0, 0.1) is 0 Å². The molecule has 0 saturated carbocycles. The zero-order valence-electron chi connectivity index (χ0n) is 9.12. The number of likely N-dealkylation sites (N-methyl/N-ethyl adjacent to an activating group) is 1. The van der Waals surface area contributed by atoms with Crippen molar-refractivity contribution >= 4 is 5.91 Å². The highest BCUT2D eigenvalue weighted by molar-refractivity contribution is 5.77. The number of hydrogen-bond acceptors (Lipinski definition) is 4. The average Bonchev–Trinajstić information content (AvgIpc) is 2.02.